The third-order valence-corrected chi connectivity index (χ3v) is 9.70. The number of hydrogen-bond acceptors (Lipinski definition) is 5. The standard InChI is InChI=1S/C29H42O5/c1-6-7-8-9-10-19(2)23-11-12-24(27(23,4)15-16-30)22-17-25-29(34-25)18-21(33-20(3)31)13-14-28(29,5)26(22)32/h9-10,16-17,19,21,23-25H,6-8,11-15,18H2,1-5H3. The predicted molar refractivity (Wildman–Crippen MR) is 131 cm³/mol. The van der Waals surface area contributed by atoms with Gasteiger partial charge in [-0.2, -0.15) is 0 Å². The maximum absolute atomic E-state index is 14.1. The van der Waals surface area contributed by atoms with E-state index in [2.05, 4.69) is 45.9 Å². The Hall–Kier alpha value is -1.75. The molecule has 1 spiro atoms. The molecular formula is C29H42O5. The molecule has 0 aromatic heterocycles. The summed E-state index contributed by atoms with van der Waals surface area (Å²) in [5.74, 6) is 0.731. The number of ketones is 1. The van der Waals surface area contributed by atoms with Crippen molar-refractivity contribution in [1.82, 2.24) is 0 Å². The zero-order valence-electron chi connectivity index (χ0n) is 21.6. The van der Waals surface area contributed by atoms with Gasteiger partial charge in [0.2, 0.25) is 0 Å². The summed E-state index contributed by atoms with van der Waals surface area (Å²) in [4.78, 5) is 37.4. The summed E-state index contributed by atoms with van der Waals surface area (Å²) < 4.78 is 11.7. The van der Waals surface area contributed by atoms with Gasteiger partial charge in [0.1, 0.15) is 24.1 Å². The van der Waals surface area contributed by atoms with Gasteiger partial charge in [0.25, 0.3) is 0 Å². The van der Waals surface area contributed by atoms with Crippen molar-refractivity contribution in [2.24, 2.45) is 28.6 Å². The van der Waals surface area contributed by atoms with Crippen LogP contribution < -0.4 is 0 Å². The van der Waals surface area contributed by atoms with Crippen LogP contribution in [-0.4, -0.2) is 35.8 Å². The highest BCUT2D eigenvalue weighted by molar-refractivity contribution is 6.03. The minimum absolute atomic E-state index is 0.0758. The average Bonchev–Trinajstić information content (AvgIpc) is 3.37. The van der Waals surface area contributed by atoms with Gasteiger partial charge in [-0.25, -0.2) is 0 Å². The molecule has 0 bridgehead atoms. The van der Waals surface area contributed by atoms with Crippen molar-refractivity contribution in [3.05, 3.63) is 23.8 Å². The molecule has 3 aliphatic carbocycles. The van der Waals surface area contributed by atoms with Crippen LogP contribution in [0, 0.1) is 28.6 Å². The Morgan fingerprint density at radius 1 is 1.29 bits per heavy atom. The van der Waals surface area contributed by atoms with E-state index in [0.29, 0.717) is 37.5 Å². The summed E-state index contributed by atoms with van der Waals surface area (Å²) >= 11 is 0. The lowest BCUT2D eigenvalue weighted by Crippen LogP contribution is -2.54. The molecule has 8 atom stereocenters. The lowest BCUT2D eigenvalue weighted by Gasteiger charge is -2.46. The number of carbonyl (C=O) groups is 3. The van der Waals surface area contributed by atoms with Gasteiger partial charge >= 0.3 is 5.97 Å². The monoisotopic (exact) mass is 470 g/mol. The maximum atomic E-state index is 14.1. The molecule has 5 nitrogen and oxygen atoms in total. The Kier molecular flexibility index (Phi) is 6.98. The molecule has 0 aromatic rings. The summed E-state index contributed by atoms with van der Waals surface area (Å²) in [5, 5.41) is 0. The zero-order valence-corrected chi connectivity index (χ0v) is 21.6. The van der Waals surface area contributed by atoms with Crippen LogP contribution in [0.1, 0.15) is 92.4 Å². The number of epoxide rings is 1. The van der Waals surface area contributed by atoms with Gasteiger partial charge in [0, 0.05) is 19.8 Å². The highest BCUT2D eigenvalue weighted by Crippen LogP contribution is 2.66. The molecule has 0 N–H and O–H groups in total. The summed E-state index contributed by atoms with van der Waals surface area (Å²) in [6.07, 6.45) is 15.3. The van der Waals surface area contributed by atoms with Gasteiger partial charge in [-0.15, -0.1) is 0 Å². The van der Waals surface area contributed by atoms with E-state index in [1.54, 1.807) is 0 Å². The van der Waals surface area contributed by atoms with E-state index < -0.39 is 11.0 Å². The summed E-state index contributed by atoms with van der Waals surface area (Å²) in [7, 11) is 0. The van der Waals surface area contributed by atoms with Gasteiger partial charge in [-0.05, 0) is 73.8 Å². The molecule has 188 valence electrons. The van der Waals surface area contributed by atoms with E-state index >= 15 is 0 Å². The summed E-state index contributed by atoms with van der Waals surface area (Å²) in [5.41, 5.74) is -0.483. The van der Waals surface area contributed by atoms with Gasteiger partial charge in [0.05, 0.1) is 5.41 Å². The van der Waals surface area contributed by atoms with Crippen molar-refractivity contribution in [3.8, 4) is 0 Å². The van der Waals surface area contributed by atoms with E-state index in [9.17, 15) is 14.4 Å². The van der Waals surface area contributed by atoms with Crippen molar-refractivity contribution in [2.75, 3.05) is 0 Å². The normalized spacial score (nSPS) is 42.0. The van der Waals surface area contributed by atoms with Gasteiger partial charge in [0.15, 0.2) is 5.78 Å². The Balaban J connectivity index is 1.58. The van der Waals surface area contributed by atoms with Crippen LogP contribution in [0.3, 0.4) is 0 Å². The smallest absolute Gasteiger partial charge is 0.302 e. The number of hydrogen-bond donors (Lipinski definition) is 0. The number of ether oxygens (including phenoxy) is 2. The SMILES string of the molecule is CCCCC=CC(C)C1CCC(C2=CC3OC34CC(OC(C)=O)CCC4(C)C2=O)C1(C)CC=O. The van der Waals surface area contributed by atoms with Crippen molar-refractivity contribution in [3.63, 3.8) is 0 Å². The Morgan fingerprint density at radius 3 is 2.74 bits per heavy atom. The lowest BCUT2D eigenvalue weighted by atomic mass is 9.55. The number of aldehydes is 1. The Labute approximate surface area is 204 Å². The first-order chi connectivity index (χ1) is 16.1. The van der Waals surface area contributed by atoms with E-state index in [1.165, 1.54) is 19.8 Å². The highest BCUT2D eigenvalue weighted by Gasteiger charge is 2.74. The predicted octanol–water partition coefficient (Wildman–Crippen LogP) is 5.76. The molecule has 1 heterocycles. The number of carbonyl (C=O) groups excluding carboxylic acids is 3. The van der Waals surface area contributed by atoms with E-state index in [4.69, 9.17) is 9.47 Å². The van der Waals surface area contributed by atoms with Gasteiger partial charge in [-0.1, -0.05) is 45.8 Å². The Morgan fingerprint density at radius 2 is 2.06 bits per heavy atom. The third kappa shape index (κ3) is 4.02. The fraction of sp³-hybridized carbons (Fsp3) is 0.759. The van der Waals surface area contributed by atoms with Crippen LogP contribution in [0.5, 0.6) is 0 Å². The first-order valence-electron chi connectivity index (χ1n) is 13.3. The molecule has 2 saturated carbocycles. The quantitative estimate of drug-likeness (QED) is 0.141. The molecule has 3 fully saturated rings. The summed E-state index contributed by atoms with van der Waals surface area (Å²) in [6, 6.07) is 0. The van der Waals surface area contributed by atoms with Crippen LogP contribution in [0.4, 0.5) is 0 Å². The molecule has 34 heavy (non-hydrogen) atoms. The largest absolute Gasteiger partial charge is 0.462 e. The van der Waals surface area contributed by atoms with Crippen LogP contribution in [0.15, 0.2) is 23.8 Å². The molecule has 1 saturated heterocycles. The molecule has 8 unspecified atom stereocenters. The average molecular weight is 471 g/mol. The van der Waals surface area contributed by atoms with E-state index in [-0.39, 0.29) is 35.3 Å². The molecule has 0 aromatic carbocycles. The van der Waals surface area contributed by atoms with E-state index in [1.807, 2.05) is 0 Å². The second-order valence-electron chi connectivity index (χ2n) is 11.7. The molecular weight excluding hydrogens is 428 g/mol. The first kappa shape index (κ1) is 25.3. The number of esters is 1. The molecule has 4 rings (SSSR count). The third-order valence-electron chi connectivity index (χ3n) is 9.70. The maximum Gasteiger partial charge on any atom is 0.302 e. The second-order valence-corrected chi connectivity index (χ2v) is 11.7. The van der Waals surface area contributed by atoms with Crippen molar-refractivity contribution in [2.45, 2.75) is 110 Å². The minimum atomic E-state index is -0.593. The zero-order chi connectivity index (χ0) is 24.7. The van der Waals surface area contributed by atoms with Crippen LogP contribution in [0.25, 0.3) is 0 Å². The molecule has 0 radical (unpaired) electrons. The van der Waals surface area contributed by atoms with Gasteiger partial charge in [-0.3, -0.25) is 9.59 Å². The fourth-order valence-electron chi connectivity index (χ4n) is 7.65. The highest BCUT2D eigenvalue weighted by atomic mass is 16.6. The molecule has 5 heteroatoms. The minimum Gasteiger partial charge on any atom is -0.462 e. The molecule has 4 aliphatic rings. The Bertz CT molecular complexity index is 889. The topological polar surface area (TPSA) is 73.0 Å². The summed E-state index contributed by atoms with van der Waals surface area (Å²) in [6.45, 7) is 10.2. The first-order valence-corrected chi connectivity index (χ1v) is 13.3. The number of rotatable bonds is 9. The van der Waals surface area contributed by atoms with Crippen molar-refractivity contribution < 1.29 is 23.9 Å². The number of allylic oxidation sites excluding steroid dienone is 3. The van der Waals surface area contributed by atoms with Crippen molar-refractivity contribution >= 4 is 18.0 Å². The number of Topliss-reactive ketones (excluding diaryl/α,β-unsaturated/α-hetero) is 1. The van der Waals surface area contributed by atoms with Crippen LogP contribution in [0.2, 0.25) is 0 Å². The molecule has 0 amide bonds. The number of unbranched alkanes of at least 4 members (excludes halogenated alkanes) is 2. The van der Waals surface area contributed by atoms with Crippen LogP contribution in [-0.2, 0) is 23.9 Å². The van der Waals surface area contributed by atoms with Crippen LogP contribution >= 0.6 is 0 Å². The second kappa shape index (κ2) is 9.37. The molecule has 1 aliphatic heterocycles. The van der Waals surface area contributed by atoms with Crippen molar-refractivity contribution in [1.29, 1.82) is 0 Å². The lowest BCUT2D eigenvalue weighted by molar-refractivity contribution is -0.153. The van der Waals surface area contributed by atoms with E-state index in [0.717, 1.165) is 31.1 Å². The fourth-order valence-corrected chi connectivity index (χ4v) is 7.65. The van der Waals surface area contributed by atoms with Gasteiger partial charge < -0.3 is 14.3 Å².